The fourth-order valence-corrected chi connectivity index (χ4v) is 3.13. The van der Waals surface area contributed by atoms with Crippen molar-refractivity contribution in [1.29, 1.82) is 0 Å². The first-order valence-electron chi connectivity index (χ1n) is 7.35. The number of hydrogen-bond donors (Lipinski definition) is 1. The minimum absolute atomic E-state index is 0.565. The van der Waals surface area contributed by atoms with E-state index in [0.29, 0.717) is 6.04 Å². The second kappa shape index (κ2) is 6.40. The lowest BCUT2D eigenvalue weighted by molar-refractivity contribution is 0.264. The van der Waals surface area contributed by atoms with Crippen LogP contribution in [0.15, 0.2) is 18.2 Å². The van der Waals surface area contributed by atoms with E-state index in [0.717, 1.165) is 32.6 Å². The summed E-state index contributed by atoms with van der Waals surface area (Å²) in [6, 6.07) is 7.26. The lowest BCUT2D eigenvalue weighted by atomic mass is 10.0. The van der Waals surface area contributed by atoms with Gasteiger partial charge in [0, 0.05) is 31.9 Å². The van der Waals surface area contributed by atoms with E-state index < -0.39 is 0 Å². The fourth-order valence-electron chi connectivity index (χ4n) is 3.13. The Morgan fingerprint density at radius 3 is 2.79 bits per heavy atom. The third-order valence-electron chi connectivity index (χ3n) is 4.12. The van der Waals surface area contributed by atoms with Crippen molar-refractivity contribution in [3.05, 3.63) is 29.3 Å². The molecule has 1 N–H and O–H groups in total. The van der Waals surface area contributed by atoms with Crippen molar-refractivity contribution < 1.29 is 0 Å². The van der Waals surface area contributed by atoms with Crippen molar-refractivity contribution in [2.75, 3.05) is 45.2 Å². The molecule has 1 atom stereocenters. The minimum Gasteiger partial charge on any atom is -0.364 e. The van der Waals surface area contributed by atoms with Gasteiger partial charge >= 0.3 is 0 Å². The first-order valence-corrected chi connectivity index (χ1v) is 7.35. The fraction of sp³-hybridized carbons (Fsp3) is 0.625. The Balaban J connectivity index is 2.32. The van der Waals surface area contributed by atoms with Crippen molar-refractivity contribution in [2.45, 2.75) is 26.3 Å². The van der Waals surface area contributed by atoms with Gasteiger partial charge in [-0.3, -0.25) is 0 Å². The Hall–Kier alpha value is -1.06. The Labute approximate surface area is 117 Å². The highest BCUT2D eigenvalue weighted by Crippen LogP contribution is 2.28. The molecule has 1 saturated heterocycles. The molecule has 1 aromatic carbocycles. The molecule has 3 nitrogen and oxygen atoms in total. The van der Waals surface area contributed by atoms with E-state index in [9.17, 15) is 0 Å². The molecule has 1 unspecified atom stereocenters. The smallest absolute Gasteiger partial charge is 0.0542 e. The Morgan fingerprint density at radius 2 is 2.11 bits per heavy atom. The number of para-hydroxylation sites is 1. The van der Waals surface area contributed by atoms with Crippen LogP contribution in [0.4, 0.5) is 5.69 Å². The molecule has 0 aromatic heterocycles. The average molecular weight is 261 g/mol. The molecule has 1 aromatic rings. The van der Waals surface area contributed by atoms with Gasteiger partial charge in [0.1, 0.15) is 0 Å². The van der Waals surface area contributed by atoms with Crippen LogP contribution in [0, 0.1) is 6.92 Å². The van der Waals surface area contributed by atoms with Crippen LogP contribution in [0.5, 0.6) is 0 Å². The van der Waals surface area contributed by atoms with Crippen molar-refractivity contribution in [1.82, 2.24) is 10.2 Å². The first-order chi connectivity index (χ1) is 9.17. The van der Waals surface area contributed by atoms with Crippen molar-refractivity contribution in [3.8, 4) is 0 Å². The number of likely N-dealkylation sites (N-methyl/N-ethyl adjacent to an activating group) is 2. The summed E-state index contributed by atoms with van der Waals surface area (Å²) in [5.74, 6) is 0. The van der Waals surface area contributed by atoms with Gasteiger partial charge in [-0.25, -0.2) is 0 Å². The molecule has 1 aliphatic heterocycles. The molecule has 19 heavy (non-hydrogen) atoms. The molecule has 0 bridgehead atoms. The lowest BCUT2D eigenvalue weighted by Crippen LogP contribution is -2.55. The summed E-state index contributed by atoms with van der Waals surface area (Å²) in [5.41, 5.74) is 4.36. The standard InChI is InChI=1S/C16H27N3/c1-5-14-8-6-7-13(2)16(14)19-10-9-18(4)12-15(19)11-17-3/h6-8,15,17H,5,9-12H2,1-4H3. The van der Waals surface area contributed by atoms with Gasteiger partial charge in [-0.2, -0.15) is 0 Å². The van der Waals surface area contributed by atoms with Crippen LogP contribution in [0.3, 0.4) is 0 Å². The third kappa shape index (κ3) is 3.10. The van der Waals surface area contributed by atoms with E-state index >= 15 is 0 Å². The summed E-state index contributed by atoms with van der Waals surface area (Å²) < 4.78 is 0. The Morgan fingerprint density at radius 1 is 1.32 bits per heavy atom. The van der Waals surface area contributed by atoms with Crippen LogP contribution in [0.1, 0.15) is 18.1 Å². The van der Waals surface area contributed by atoms with E-state index in [1.807, 2.05) is 7.05 Å². The van der Waals surface area contributed by atoms with Crippen LogP contribution in [0.25, 0.3) is 0 Å². The minimum atomic E-state index is 0.565. The molecule has 0 aliphatic carbocycles. The molecule has 106 valence electrons. The summed E-state index contributed by atoms with van der Waals surface area (Å²) in [4.78, 5) is 5.05. The third-order valence-corrected chi connectivity index (χ3v) is 4.12. The van der Waals surface area contributed by atoms with Crippen molar-refractivity contribution >= 4 is 5.69 Å². The Kier molecular flexibility index (Phi) is 4.83. The number of aryl methyl sites for hydroxylation is 2. The maximum atomic E-state index is 3.35. The molecule has 1 fully saturated rings. The van der Waals surface area contributed by atoms with Gasteiger partial charge in [0.05, 0.1) is 6.04 Å². The molecule has 0 spiro atoms. The zero-order chi connectivity index (χ0) is 13.8. The van der Waals surface area contributed by atoms with Crippen LogP contribution in [-0.4, -0.2) is 51.2 Å². The monoisotopic (exact) mass is 261 g/mol. The maximum absolute atomic E-state index is 3.35. The topological polar surface area (TPSA) is 18.5 Å². The number of rotatable bonds is 4. The first kappa shape index (κ1) is 14.4. The van der Waals surface area contributed by atoms with Gasteiger partial charge in [-0.05, 0) is 38.6 Å². The number of anilines is 1. The molecule has 3 heteroatoms. The largest absolute Gasteiger partial charge is 0.364 e. The number of hydrogen-bond acceptors (Lipinski definition) is 3. The van der Waals surface area contributed by atoms with Crippen molar-refractivity contribution in [3.63, 3.8) is 0 Å². The number of nitrogens with zero attached hydrogens (tertiary/aromatic N) is 2. The SMILES string of the molecule is CCc1cccc(C)c1N1CCN(C)CC1CNC. The quantitative estimate of drug-likeness (QED) is 0.893. The number of piperazine rings is 1. The van der Waals surface area contributed by atoms with Crippen LogP contribution in [-0.2, 0) is 6.42 Å². The Bertz CT molecular complexity index is 416. The van der Waals surface area contributed by atoms with Crippen LogP contribution < -0.4 is 10.2 Å². The molecule has 0 radical (unpaired) electrons. The van der Waals surface area contributed by atoms with Gasteiger partial charge in [0.2, 0.25) is 0 Å². The van der Waals surface area contributed by atoms with Crippen LogP contribution in [0.2, 0.25) is 0 Å². The molecular weight excluding hydrogens is 234 g/mol. The van der Waals surface area contributed by atoms with E-state index in [1.54, 1.807) is 0 Å². The second-order valence-electron chi connectivity index (χ2n) is 5.60. The van der Waals surface area contributed by atoms with E-state index in [-0.39, 0.29) is 0 Å². The van der Waals surface area contributed by atoms with Crippen LogP contribution >= 0.6 is 0 Å². The maximum Gasteiger partial charge on any atom is 0.0542 e. The van der Waals surface area contributed by atoms with Gasteiger partial charge in [0.15, 0.2) is 0 Å². The highest BCUT2D eigenvalue weighted by molar-refractivity contribution is 5.60. The van der Waals surface area contributed by atoms with Gasteiger partial charge < -0.3 is 15.1 Å². The average Bonchev–Trinajstić information content (AvgIpc) is 2.40. The summed E-state index contributed by atoms with van der Waals surface area (Å²) in [7, 11) is 4.27. The molecular formula is C16H27N3. The van der Waals surface area contributed by atoms with Gasteiger partial charge in [-0.15, -0.1) is 0 Å². The normalized spacial score (nSPS) is 20.8. The predicted molar refractivity (Wildman–Crippen MR) is 83.1 cm³/mol. The highest BCUT2D eigenvalue weighted by atomic mass is 15.3. The summed E-state index contributed by atoms with van der Waals surface area (Å²) >= 11 is 0. The predicted octanol–water partition coefficient (Wildman–Crippen LogP) is 1.90. The summed E-state index contributed by atoms with van der Waals surface area (Å²) in [6.45, 7) is 8.95. The van der Waals surface area contributed by atoms with Gasteiger partial charge in [-0.1, -0.05) is 25.1 Å². The van der Waals surface area contributed by atoms with Gasteiger partial charge in [0.25, 0.3) is 0 Å². The van der Waals surface area contributed by atoms with E-state index in [1.165, 1.54) is 16.8 Å². The number of benzene rings is 1. The highest BCUT2D eigenvalue weighted by Gasteiger charge is 2.26. The molecule has 0 amide bonds. The van der Waals surface area contributed by atoms with E-state index in [2.05, 4.69) is 54.2 Å². The summed E-state index contributed by atoms with van der Waals surface area (Å²) in [6.07, 6.45) is 1.11. The molecule has 2 rings (SSSR count). The summed E-state index contributed by atoms with van der Waals surface area (Å²) in [5, 5.41) is 3.35. The molecule has 0 saturated carbocycles. The zero-order valence-electron chi connectivity index (χ0n) is 12.7. The lowest BCUT2D eigenvalue weighted by Gasteiger charge is -2.43. The zero-order valence-corrected chi connectivity index (χ0v) is 12.7. The number of nitrogens with one attached hydrogen (secondary N) is 1. The van der Waals surface area contributed by atoms with Crippen molar-refractivity contribution in [2.24, 2.45) is 0 Å². The molecule has 1 heterocycles. The molecule has 1 aliphatic rings. The van der Waals surface area contributed by atoms with E-state index in [4.69, 9.17) is 0 Å². The second-order valence-corrected chi connectivity index (χ2v) is 5.60.